The lowest BCUT2D eigenvalue weighted by atomic mass is 10.0. The topological polar surface area (TPSA) is 49.3 Å². The molecule has 2 atom stereocenters. The number of hydrogen-bond acceptors (Lipinski definition) is 2. The fourth-order valence-electron chi connectivity index (χ4n) is 2.07. The summed E-state index contributed by atoms with van der Waals surface area (Å²) in [5, 5.41) is 11.6. The van der Waals surface area contributed by atoms with Crippen molar-refractivity contribution in [3.63, 3.8) is 0 Å². The van der Waals surface area contributed by atoms with Gasteiger partial charge in [0, 0.05) is 0 Å². The quantitative estimate of drug-likeness (QED) is 0.733. The van der Waals surface area contributed by atoms with Crippen molar-refractivity contribution in [2.75, 3.05) is 0 Å². The van der Waals surface area contributed by atoms with Crippen LogP contribution in [0.1, 0.15) is 31.7 Å². The fourth-order valence-corrected chi connectivity index (χ4v) is 2.07. The first-order chi connectivity index (χ1) is 9.54. The lowest BCUT2D eigenvalue weighted by Crippen LogP contribution is -2.46. The molecule has 0 heterocycles. The highest BCUT2D eigenvalue weighted by molar-refractivity contribution is 5.73. The van der Waals surface area contributed by atoms with Gasteiger partial charge < -0.3 is 5.11 Å². The predicted molar refractivity (Wildman–Crippen MR) is 74.0 cm³/mol. The zero-order valence-electron chi connectivity index (χ0n) is 11.6. The second kappa shape index (κ2) is 8.64. The van der Waals surface area contributed by atoms with Crippen molar-refractivity contribution >= 4 is 5.97 Å². The Kier molecular flexibility index (Phi) is 7.15. The van der Waals surface area contributed by atoms with Crippen LogP contribution in [0.4, 0.5) is 8.78 Å². The van der Waals surface area contributed by atoms with E-state index in [2.05, 4.69) is 5.32 Å². The van der Waals surface area contributed by atoms with E-state index in [0.717, 1.165) is 5.56 Å². The average molecular weight is 285 g/mol. The van der Waals surface area contributed by atoms with E-state index in [1.54, 1.807) is 0 Å². The number of benzene rings is 1. The zero-order chi connectivity index (χ0) is 15.0. The first-order valence-electron chi connectivity index (χ1n) is 6.85. The second-order valence-corrected chi connectivity index (χ2v) is 4.81. The summed E-state index contributed by atoms with van der Waals surface area (Å²) in [5.74, 6) is -1.07. The van der Waals surface area contributed by atoms with Gasteiger partial charge in [0.2, 0.25) is 0 Å². The van der Waals surface area contributed by atoms with Crippen LogP contribution in [0.25, 0.3) is 0 Å². The molecule has 112 valence electrons. The third-order valence-corrected chi connectivity index (χ3v) is 3.18. The number of nitrogens with one attached hydrogen (secondary N) is 1. The minimum Gasteiger partial charge on any atom is -0.480 e. The first-order valence-corrected chi connectivity index (χ1v) is 6.85. The van der Waals surface area contributed by atoms with Gasteiger partial charge in [-0.1, -0.05) is 43.7 Å². The van der Waals surface area contributed by atoms with Crippen molar-refractivity contribution in [1.82, 2.24) is 5.32 Å². The smallest absolute Gasteiger partial charge is 0.320 e. The van der Waals surface area contributed by atoms with E-state index in [0.29, 0.717) is 19.3 Å². The van der Waals surface area contributed by atoms with E-state index in [4.69, 9.17) is 5.11 Å². The zero-order valence-corrected chi connectivity index (χ0v) is 11.6. The summed E-state index contributed by atoms with van der Waals surface area (Å²) >= 11 is 0. The molecule has 0 aliphatic heterocycles. The number of carboxylic acids is 1. The van der Waals surface area contributed by atoms with Gasteiger partial charge in [0.1, 0.15) is 6.04 Å². The van der Waals surface area contributed by atoms with Gasteiger partial charge in [0.05, 0.1) is 6.04 Å². The number of alkyl halides is 2. The van der Waals surface area contributed by atoms with Gasteiger partial charge in [-0.2, -0.15) is 0 Å². The highest BCUT2D eigenvalue weighted by atomic mass is 19.3. The molecular weight excluding hydrogens is 264 g/mol. The van der Waals surface area contributed by atoms with E-state index in [1.165, 1.54) is 0 Å². The molecule has 20 heavy (non-hydrogen) atoms. The molecule has 0 aliphatic carbocycles. The van der Waals surface area contributed by atoms with Crippen molar-refractivity contribution < 1.29 is 18.7 Å². The third kappa shape index (κ3) is 5.65. The molecule has 5 heteroatoms. The van der Waals surface area contributed by atoms with Crippen LogP contribution in [0.2, 0.25) is 0 Å². The lowest BCUT2D eigenvalue weighted by Gasteiger charge is -2.22. The summed E-state index contributed by atoms with van der Waals surface area (Å²) in [6.07, 6.45) is -0.865. The largest absolute Gasteiger partial charge is 0.480 e. The molecule has 1 aromatic carbocycles. The Hall–Kier alpha value is -1.49. The summed E-state index contributed by atoms with van der Waals surface area (Å²) < 4.78 is 26.0. The van der Waals surface area contributed by atoms with Crippen LogP contribution in [0.15, 0.2) is 30.3 Å². The van der Waals surface area contributed by atoms with Crippen molar-refractivity contribution in [3.05, 3.63) is 35.9 Å². The molecule has 1 aromatic rings. The summed E-state index contributed by atoms with van der Waals surface area (Å²) in [6.45, 7) is 1.83. The maximum Gasteiger partial charge on any atom is 0.320 e. The Labute approximate surface area is 118 Å². The molecule has 0 amide bonds. The van der Waals surface area contributed by atoms with E-state index in [-0.39, 0.29) is 6.42 Å². The maximum absolute atomic E-state index is 13.0. The molecular formula is C15H21F2NO2. The Bertz CT molecular complexity index is 398. The molecule has 0 aromatic heterocycles. The number of aryl methyl sites for hydroxylation is 1. The van der Waals surface area contributed by atoms with Gasteiger partial charge in [-0.05, 0) is 24.8 Å². The van der Waals surface area contributed by atoms with Gasteiger partial charge in [0.15, 0.2) is 0 Å². The minimum atomic E-state index is -2.57. The van der Waals surface area contributed by atoms with Crippen molar-refractivity contribution in [3.8, 4) is 0 Å². The molecule has 3 nitrogen and oxygen atoms in total. The van der Waals surface area contributed by atoms with Crippen molar-refractivity contribution in [1.29, 1.82) is 0 Å². The molecule has 2 unspecified atom stereocenters. The number of rotatable bonds is 9. The molecule has 0 fully saturated rings. The van der Waals surface area contributed by atoms with Crippen molar-refractivity contribution in [2.45, 2.75) is 51.1 Å². The van der Waals surface area contributed by atoms with Crippen molar-refractivity contribution in [2.24, 2.45) is 0 Å². The number of aliphatic carboxylic acids is 1. The van der Waals surface area contributed by atoms with Gasteiger partial charge in [0.25, 0.3) is 6.43 Å². The van der Waals surface area contributed by atoms with Gasteiger partial charge in [-0.25, -0.2) is 8.78 Å². The summed E-state index contributed by atoms with van der Waals surface area (Å²) in [7, 11) is 0. The molecule has 1 rings (SSSR count). The number of halogens is 2. The van der Waals surface area contributed by atoms with Crippen LogP contribution in [0, 0.1) is 0 Å². The molecule has 0 aliphatic rings. The van der Waals surface area contributed by atoms with Crippen LogP contribution in [0.5, 0.6) is 0 Å². The van der Waals surface area contributed by atoms with E-state index in [1.807, 2.05) is 37.3 Å². The van der Waals surface area contributed by atoms with Gasteiger partial charge in [-0.3, -0.25) is 10.1 Å². The maximum atomic E-state index is 13.0. The van der Waals surface area contributed by atoms with Crippen LogP contribution < -0.4 is 5.32 Å². The highest BCUT2D eigenvalue weighted by Gasteiger charge is 2.26. The molecule has 0 saturated heterocycles. The lowest BCUT2D eigenvalue weighted by molar-refractivity contribution is -0.140. The van der Waals surface area contributed by atoms with Gasteiger partial charge in [-0.15, -0.1) is 0 Å². The first kappa shape index (κ1) is 16.6. The Morgan fingerprint density at radius 2 is 1.90 bits per heavy atom. The number of carbonyl (C=O) groups is 1. The van der Waals surface area contributed by atoms with E-state index in [9.17, 15) is 13.6 Å². The van der Waals surface area contributed by atoms with Crippen LogP contribution in [0.3, 0.4) is 0 Å². The highest BCUT2D eigenvalue weighted by Crippen LogP contribution is 2.12. The van der Waals surface area contributed by atoms with Crippen LogP contribution >= 0.6 is 0 Å². The standard InChI is InChI=1S/C15H21F2NO2/c1-2-6-13(15(19)20)18-12(14(16)17)10-9-11-7-4-3-5-8-11/h3-5,7-8,12-14,18H,2,6,9-10H2,1H3,(H,19,20). The van der Waals surface area contributed by atoms with E-state index < -0.39 is 24.5 Å². The summed E-state index contributed by atoms with van der Waals surface area (Å²) in [6, 6.07) is 7.34. The average Bonchev–Trinajstić information content (AvgIpc) is 2.42. The monoisotopic (exact) mass is 285 g/mol. The third-order valence-electron chi connectivity index (χ3n) is 3.18. The van der Waals surface area contributed by atoms with Gasteiger partial charge >= 0.3 is 5.97 Å². The summed E-state index contributed by atoms with van der Waals surface area (Å²) in [5.41, 5.74) is 0.974. The molecule has 0 radical (unpaired) electrons. The second-order valence-electron chi connectivity index (χ2n) is 4.81. The van der Waals surface area contributed by atoms with E-state index >= 15 is 0 Å². The number of carboxylic acid groups (broad SMARTS) is 1. The SMILES string of the molecule is CCCC(NC(CCc1ccccc1)C(F)F)C(=O)O. The molecule has 2 N–H and O–H groups in total. The van der Waals surface area contributed by atoms with Crippen LogP contribution in [-0.4, -0.2) is 29.6 Å². The Balaban J connectivity index is 2.57. The molecule has 0 spiro atoms. The molecule has 0 saturated carbocycles. The van der Waals surface area contributed by atoms with Crippen LogP contribution in [-0.2, 0) is 11.2 Å². The normalized spacial score (nSPS) is 14.2. The Morgan fingerprint density at radius 1 is 1.25 bits per heavy atom. The fraction of sp³-hybridized carbons (Fsp3) is 0.533. The number of hydrogen-bond donors (Lipinski definition) is 2. The predicted octanol–water partition coefficient (Wildman–Crippen LogP) is 3.10. The Morgan fingerprint density at radius 3 is 2.40 bits per heavy atom. The molecule has 0 bridgehead atoms. The summed E-state index contributed by atoms with van der Waals surface area (Å²) in [4.78, 5) is 11.0. The minimum absolute atomic E-state index is 0.217.